The summed E-state index contributed by atoms with van der Waals surface area (Å²) < 4.78 is 0. The van der Waals surface area contributed by atoms with Crippen LogP contribution in [0, 0.1) is 0 Å². The molecule has 3 heterocycles. The van der Waals surface area contributed by atoms with Crippen LogP contribution < -0.4 is 16.2 Å². The van der Waals surface area contributed by atoms with Crippen molar-refractivity contribution in [2.24, 2.45) is 0 Å². The molecule has 1 aliphatic heterocycles. The Morgan fingerprint density at radius 1 is 1.12 bits per heavy atom. The molecule has 1 atom stereocenters. The number of amides is 1. The Balaban J connectivity index is 1.91. The minimum absolute atomic E-state index is 0.0595. The van der Waals surface area contributed by atoms with Gasteiger partial charge in [-0.1, -0.05) is 12.1 Å². The van der Waals surface area contributed by atoms with E-state index in [0.29, 0.717) is 22.4 Å². The van der Waals surface area contributed by atoms with Gasteiger partial charge in [0.25, 0.3) is 11.5 Å². The second kappa shape index (κ2) is 5.45. The summed E-state index contributed by atoms with van der Waals surface area (Å²) in [5.41, 5.74) is 3.23. The van der Waals surface area contributed by atoms with Gasteiger partial charge in [-0.25, -0.2) is 4.98 Å². The number of fused-ring (bicyclic) bond motifs is 2. The smallest absolute Gasteiger partial charge is 0.260 e. The van der Waals surface area contributed by atoms with Crippen LogP contribution in [-0.2, 0) is 0 Å². The second-order valence-electron chi connectivity index (χ2n) is 7.70. The van der Waals surface area contributed by atoms with Crippen LogP contribution in [0.25, 0.3) is 22.2 Å². The molecule has 7 nitrogen and oxygen atoms in total. The third-order valence-corrected chi connectivity index (χ3v) is 4.39. The standard InChI is InChI=1S/C19H21N5O2/c1-9-14-12(17(26)20-9)8-13(21-14)10-6-5-7-11-15(10)22-18(23-16(11)25)24-19(2,3)4/h5-9,21H,1-4H3,(H,20,26)(H2,22,23,24,25). The van der Waals surface area contributed by atoms with E-state index < -0.39 is 0 Å². The number of nitrogens with zero attached hydrogens (tertiary/aromatic N) is 1. The van der Waals surface area contributed by atoms with Crippen LogP contribution >= 0.6 is 0 Å². The number of rotatable bonds is 2. The molecule has 1 unspecified atom stereocenters. The quantitative estimate of drug-likeness (QED) is 0.570. The fourth-order valence-corrected chi connectivity index (χ4v) is 3.29. The number of anilines is 1. The van der Waals surface area contributed by atoms with Crippen LogP contribution in [0.15, 0.2) is 29.1 Å². The summed E-state index contributed by atoms with van der Waals surface area (Å²) in [6.07, 6.45) is 0. The lowest BCUT2D eigenvalue weighted by atomic mass is 10.1. The summed E-state index contributed by atoms with van der Waals surface area (Å²) in [6.45, 7) is 7.93. The van der Waals surface area contributed by atoms with Gasteiger partial charge in [-0.15, -0.1) is 0 Å². The van der Waals surface area contributed by atoms with Gasteiger partial charge in [0.2, 0.25) is 5.95 Å². The molecule has 4 N–H and O–H groups in total. The van der Waals surface area contributed by atoms with Gasteiger partial charge in [0.15, 0.2) is 0 Å². The van der Waals surface area contributed by atoms with Crippen LogP contribution in [-0.4, -0.2) is 26.4 Å². The van der Waals surface area contributed by atoms with Crippen LogP contribution in [0.2, 0.25) is 0 Å². The number of benzene rings is 1. The number of H-pyrrole nitrogens is 2. The molecule has 134 valence electrons. The number of carbonyl (C=O) groups excluding carboxylic acids is 1. The van der Waals surface area contributed by atoms with Crippen molar-refractivity contribution in [3.05, 3.63) is 45.9 Å². The third kappa shape index (κ3) is 2.65. The molecule has 0 radical (unpaired) electrons. The number of hydrogen-bond acceptors (Lipinski definition) is 4. The summed E-state index contributed by atoms with van der Waals surface area (Å²) in [5.74, 6) is 0.337. The van der Waals surface area contributed by atoms with Crippen molar-refractivity contribution in [2.45, 2.75) is 39.3 Å². The van der Waals surface area contributed by atoms with E-state index in [1.54, 1.807) is 6.07 Å². The highest BCUT2D eigenvalue weighted by Crippen LogP contribution is 2.32. The predicted octanol–water partition coefficient (Wildman–Crippen LogP) is 2.93. The molecular weight excluding hydrogens is 330 g/mol. The summed E-state index contributed by atoms with van der Waals surface area (Å²) in [5, 5.41) is 6.58. The van der Waals surface area contributed by atoms with Crippen molar-refractivity contribution < 1.29 is 4.79 Å². The summed E-state index contributed by atoms with van der Waals surface area (Å²) in [4.78, 5) is 35.3. The Bertz CT molecular complexity index is 1090. The molecule has 0 saturated heterocycles. The lowest BCUT2D eigenvalue weighted by molar-refractivity contribution is 0.0958. The molecule has 1 amide bonds. The lowest BCUT2D eigenvalue weighted by Gasteiger charge is -2.21. The fraction of sp³-hybridized carbons (Fsp3) is 0.316. The highest BCUT2D eigenvalue weighted by atomic mass is 16.2. The van der Waals surface area contributed by atoms with Crippen LogP contribution in [0.5, 0.6) is 0 Å². The Morgan fingerprint density at radius 3 is 2.58 bits per heavy atom. The molecule has 0 saturated carbocycles. The van der Waals surface area contributed by atoms with Crippen molar-refractivity contribution >= 4 is 22.8 Å². The Kier molecular flexibility index (Phi) is 3.44. The van der Waals surface area contributed by atoms with Crippen molar-refractivity contribution in [3.8, 4) is 11.3 Å². The second-order valence-corrected chi connectivity index (χ2v) is 7.70. The normalized spacial score (nSPS) is 16.6. The molecule has 0 aliphatic carbocycles. The number of hydrogen-bond donors (Lipinski definition) is 4. The first kappa shape index (κ1) is 16.4. The van der Waals surface area contributed by atoms with Gasteiger partial charge in [-0.2, -0.15) is 0 Å². The van der Waals surface area contributed by atoms with E-state index in [1.807, 2.05) is 45.9 Å². The van der Waals surface area contributed by atoms with E-state index in [0.717, 1.165) is 17.0 Å². The van der Waals surface area contributed by atoms with E-state index in [-0.39, 0.29) is 23.0 Å². The molecular formula is C19H21N5O2. The van der Waals surface area contributed by atoms with E-state index in [2.05, 4.69) is 25.6 Å². The van der Waals surface area contributed by atoms with Crippen LogP contribution in [0.1, 0.15) is 49.8 Å². The molecule has 0 fully saturated rings. The monoisotopic (exact) mass is 351 g/mol. The van der Waals surface area contributed by atoms with Gasteiger partial charge in [0, 0.05) is 16.8 Å². The topological polar surface area (TPSA) is 103 Å². The lowest BCUT2D eigenvalue weighted by Crippen LogP contribution is -2.28. The number of carbonyl (C=O) groups is 1. The van der Waals surface area contributed by atoms with Crippen molar-refractivity contribution in [1.29, 1.82) is 0 Å². The zero-order valence-corrected chi connectivity index (χ0v) is 15.2. The molecule has 1 aromatic carbocycles. The van der Waals surface area contributed by atoms with Gasteiger partial charge in [-0.3, -0.25) is 14.6 Å². The van der Waals surface area contributed by atoms with Gasteiger partial charge in [-0.05, 0) is 39.8 Å². The minimum Gasteiger partial charge on any atom is -0.356 e. The first-order valence-corrected chi connectivity index (χ1v) is 8.58. The average molecular weight is 351 g/mol. The minimum atomic E-state index is -0.236. The van der Waals surface area contributed by atoms with Crippen molar-refractivity contribution in [1.82, 2.24) is 20.3 Å². The number of aromatic amines is 2. The summed E-state index contributed by atoms with van der Waals surface area (Å²) in [7, 11) is 0. The molecule has 1 aliphatic rings. The van der Waals surface area contributed by atoms with E-state index in [1.165, 1.54) is 0 Å². The van der Waals surface area contributed by atoms with Crippen LogP contribution in [0.3, 0.4) is 0 Å². The average Bonchev–Trinajstić information content (AvgIpc) is 3.07. The fourth-order valence-electron chi connectivity index (χ4n) is 3.29. The molecule has 2 aromatic heterocycles. The maximum atomic E-state index is 12.5. The van der Waals surface area contributed by atoms with Crippen molar-refractivity contribution in [2.75, 3.05) is 5.32 Å². The maximum absolute atomic E-state index is 12.5. The Labute approximate surface area is 150 Å². The zero-order valence-electron chi connectivity index (χ0n) is 15.2. The van der Waals surface area contributed by atoms with E-state index in [9.17, 15) is 9.59 Å². The number of para-hydroxylation sites is 1. The zero-order chi connectivity index (χ0) is 18.6. The summed E-state index contributed by atoms with van der Waals surface area (Å²) >= 11 is 0. The molecule has 0 spiro atoms. The Hall–Kier alpha value is -3.09. The Morgan fingerprint density at radius 2 is 1.88 bits per heavy atom. The van der Waals surface area contributed by atoms with Gasteiger partial charge in [0.05, 0.1) is 28.2 Å². The SMILES string of the molecule is CC1NC(=O)c2cc(-c3cccc4c(=O)[nH]c(NC(C)(C)C)nc34)[nH]c21. The molecule has 26 heavy (non-hydrogen) atoms. The van der Waals surface area contributed by atoms with E-state index in [4.69, 9.17) is 0 Å². The molecule has 3 aromatic rings. The maximum Gasteiger partial charge on any atom is 0.260 e. The van der Waals surface area contributed by atoms with Gasteiger partial charge in [0.1, 0.15) is 0 Å². The van der Waals surface area contributed by atoms with Gasteiger partial charge < -0.3 is 15.6 Å². The summed E-state index contributed by atoms with van der Waals surface area (Å²) in [6, 6.07) is 7.23. The third-order valence-electron chi connectivity index (χ3n) is 4.39. The largest absolute Gasteiger partial charge is 0.356 e. The molecule has 4 rings (SSSR count). The molecule has 0 bridgehead atoms. The highest BCUT2D eigenvalue weighted by Gasteiger charge is 2.28. The first-order chi connectivity index (χ1) is 12.2. The van der Waals surface area contributed by atoms with Crippen molar-refractivity contribution in [3.63, 3.8) is 0 Å². The number of aromatic nitrogens is 3. The van der Waals surface area contributed by atoms with Crippen LogP contribution in [0.4, 0.5) is 5.95 Å². The van der Waals surface area contributed by atoms with Gasteiger partial charge >= 0.3 is 0 Å². The van der Waals surface area contributed by atoms with E-state index >= 15 is 0 Å². The predicted molar refractivity (Wildman–Crippen MR) is 101 cm³/mol. The first-order valence-electron chi connectivity index (χ1n) is 8.58. The molecule has 7 heteroatoms. The highest BCUT2D eigenvalue weighted by molar-refractivity contribution is 6.01. The number of nitrogens with one attached hydrogen (secondary N) is 4.